The molecule has 2 aliphatic heterocycles. The van der Waals surface area contributed by atoms with Gasteiger partial charge in [-0.25, -0.2) is 9.59 Å². The SMILES string of the molecule is CN(C(=O)N1CC(O)C[C@H]1C(=O)O)C1CCSC1. The van der Waals surface area contributed by atoms with Crippen LogP contribution in [-0.2, 0) is 4.79 Å². The molecule has 0 aromatic rings. The Morgan fingerprint density at radius 1 is 1.44 bits per heavy atom. The normalized spacial score (nSPS) is 31.7. The summed E-state index contributed by atoms with van der Waals surface area (Å²) >= 11 is 1.80. The summed E-state index contributed by atoms with van der Waals surface area (Å²) in [6.45, 7) is 0.111. The third kappa shape index (κ3) is 2.56. The van der Waals surface area contributed by atoms with E-state index in [0.717, 1.165) is 17.9 Å². The Kier molecular flexibility index (Phi) is 4.01. The lowest BCUT2D eigenvalue weighted by Gasteiger charge is -2.31. The number of aliphatic hydroxyl groups is 1. The van der Waals surface area contributed by atoms with Crippen LogP contribution in [0.3, 0.4) is 0 Å². The number of carboxylic acids is 1. The summed E-state index contributed by atoms with van der Waals surface area (Å²) in [5, 5.41) is 18.6. The van der Waals surface area contributed by atoms with Crippen molar-refractivity contribution in [3.8, 4) is 0 Å². The van der Waals surface area contributed by atoms with Gasteiger partial charge in [0.25, 0.3) is 0 Å². The van der Waals surface area contributed by atoms with Crippen molar-refractivity contribution >= 4 is 23.8 Å². The number of carbonyl (C=O) groups excluding carboxylic acids is 1. The predicted molar refractivity (Wildman–Crippen MR) is 67.6 cm³/mol. The van der Waals surface area contributed by atoms with E-state index in [2.05, 4.69) is 0 Å². The highest BCUT2D eigenvalue weighted by molar-refractivity contribution is 7.99. The molecule has 0 saturated carbocycles. The van der Waals surface area contributed by atoms with Crippen molar-refractivity contribution in [2.24, 2.45) is 0 Å². The fourth-order valence-electron chi connectivity index (χ4n) is 2.45. The topological polar surface area (TPSA) is 81.1 Å². The largest absolute Gasteiger partial charge is 0.480 e. The number of β-amino-alcohol motifs (C(OH)–C–C–N with tert-alkyl or cyclic N) is 1. The fourth-order valence-corrected chi connectivity index (χ4v) is 3.71. The number of thioether (sulfide) groups is 1. The van der Waals surface area contributed by atoms with E-state index in [-0.39, 0.29) is 25.0 Å². The van der Waals surface area contributed by atoms with Gasteiger partial charge in [-0.1, -0.05) is 0 Å². The number of aliphatic carboxylic acids is 1. The van der Waals surface area contributed by atoms with Gasteiger partial charge in [0.2, 0.25) is 0 Å². The van der Waals surface area contributed by atoms with Crippen molar-refractivity contribution < 1.29 is 19.8 Å². The maximum atomic E-state index is 12.3. The molecule has 3 atom stereocenters. The van der Waals surface area contributed by atoms with Crippen LogP contribution in [0.1, 0.15) is 12.8 Å². The molecule has 2 unspecified atom stereocenters. The van der Waals surface area contributed by atoms with E-state index in [4.69, 9.17) is 5.11 Å². The molecule has 102 valence electrons. The number of carboxylic acid groups (broad SMARTS) is 1. The summed E-state index contributed by atoms with van der Waals surface area (Å²) in [6.07, 6.45) is 0.330. The summed E-state index contributed by atoms with van der Waals surface area (Å²) in [5.74, 6) is 0.887. The van der Waals surface area contributed by atoms with Crippen LogP contribution in [0, 0.1) is 0 Å². The number of rotatable bonds is 2. The minimum absolute atomic E-state index is 0.111. The van der Waals surface area contributed by atoms with E-state index in [1.165, 1.54) is 4.90 Å². The highest BCUT2D eigenvalue weighted by atomic mass is 32.2. The van der Waals surface area contributed by atoms with Crippen molar-refractivity contribution in [1.29, 1.82) is 0 Å². The number of nitrogens with zero attached hydrogens (tertiary/aromatic N) is 2. The van der Waals surface area contributed by atoms with Gasteiger partial charge in [-0.05, 0) is 12.2 Å². The number of amides is 2. The Morgan fingerprint density at radius 3 is 2.72 bits per heavy atom. The van der Waals surface area contributed by atoms with Gasteiger partial charge >= 0.3 is 12.0 Å². The van der Waals surface area contributed by atoms with Gasteiger partial charge in [0.05, 0.1) is 6.10 Å². The molecule has 0 aliphatic carbocycles. The van der Waals surface area contributed by atoms with E-state index in [1.807, 2.05) is 0 Å². The van der Waals surface area contributed by atoms with Crippen LogP contribution in [0.2, 0.25) is 0 Å². The first kappa shape index (κ1) is 13.5. The molecule has 2 N–H and O–H groups in total. The van der Waals surface area contributed by atoms with Gasteiger partial charge in [0.15, 0.2) is 0 Å². The van der Waals surface area contributed by atoms with Crippen LogP contribution in [0.15, 0.2) is 0 Å². The van der Waals surface area contributed by atoms with Crippen molar-refractivity contribution in [3.05, 3.63) is 0 Å². The second kappa shape index (κ2) is 5.36. The molecular weight excluding hydrogens is 256 g/mol. The zero-order valence-electron chi connectivity index (χ0n) is 10.3. The zero-order valence-corrected chi connectivity index (χ0v) is 11.1. The number of carbonyl (C=O) groups is 2. The van der Waals surface area contributed by atoms with Crippen molar-refractivity contribution in [2.45, 2.75) is 31.0 Å². The maximum absolute atomic E-state index is 12.3. The second-order valence-electron chi connectivity index (χ2n) is 4.81. The molecule has 2 aliphatic rings. The zero-order chi connectivity index (χ0) is 13.3. The highest BCUT2D eigenvalue weighted by Gasteiger charge is 2.41. The van der Waals surface area contributed by atoms with E-state index in [1.54, 1.807) is 23.7 Å². The number of hydrogen-bond acceptors (Lipinski definition) is 4. The average molecular weight is 274 g/mol. The Hall–Kier alpha value is -0.950. The van der Waals surface area contributed by atoms with Crippen molar-refractivity contribution in [2.75, 3.05) is 25.1 Å². The molecule has 7 heteroatoms. The van der Waals surface area contributed by atoms with Gasteiger partial charge in [0, 0.05) is 31.8 Å². The number of aliphatic hydroxyl groups excluding tert-OH is 1. The quantitative estimate of drug-likeness (QED) is 0.744. The van der Waals surface area contributed by atoms with Gasteiger partial charge < -0.3 is 20.0 Å². The van der Waals surface area contributed by atoms with E-state index in [9.17, 15) is 14.7 Å². The highest BCUT2D eigenvalue weighted by Crippen LogP contribution is 2.25. The molecule has 6 nitrogen and oxygen atoms in total. The molecule has 0 spiro atoms. The third-order valence-electron chi connectivity index (χ3n) is 3.56. The van der Waals surface area contributed by atoms with Gasteiger partial charge in [-0.15, -0.1) is 0 Å². The Morgan fingerprint density at radius 2 is 2.17 bits per heavy atom. The molecule has 0 aromatic heterocycles. The van der Waals surface area contributed by atoms with Crippen LogP contribution < -0.4 is 0 Å². The lowest BCUT2D eigenvalue weighted by atomic mass is 10.2. The minimum Gasteiger partial charge on any atom is -0.480 e. The average Bonchev–Trinajstić information content (AvgIpc) is 2.95. The molecule has 2 amide bonds. The van der Waals surface area contributed by atoms with Crippen molar-refractivity contribution in [1.82, 2.24) is 9.80 Å². The predicted octanol–water partition coefficient (Wildman–Crippen LogP) is 0.0635. The van der Waals surface area contributed by atoms with E-state index >= 15 is 0 Å². The summed E-state index contributed by atoms with van der Waals surface area (Å²) < 4.78 is 0. The van der Waals surface area contributed by atoms with Crippen LogP contribution >= 0.6 is 11.8 Å². The second-order valence-corrected chi connectivity index (χ2v) is 5.96. The molecule has 0 radical (unpaired) electrons. The number of likely N-dealkylation sites (tertiary alicyclic amines) is 1. The first-order chi connectivity index (χ1) is 8.50. The lowest BCUT2D eigenvalue weighted by molar-refractivity contribution is -0.141. The van der Waals surface area contributed by atoms with Gasteiger partial charge in [-0.3, -0.25) is 0 Å². The van der Waals surface area contributed by atoms with Crippen molar-refractivity contribution in [3.63, 3.8) is 0 Å². The summed E-state index contributed by atoms with van der Waals surface area (Å²) in [7, 11) is 1.71. The first-order valence-electron chi connectivity index (χ1n) is 6.02. The Bertz CT molecular complexity index is 346. The van der Waals surface area contributed by atoms with E-state index in [0.29, 0.717) is 0 Å². The molecule has 0 bridgehead atoms. The van der Waals surface area contributed by atoms with Gasteiger partial charge in [-0.2, -0.15) is 11.8 Å². The monoisotopic (exact) mass is 274 g/mol. The van der Waals surface area contributed by atoms with E-state index < -0.39 is 18.1 Å². The molecule has 2 heterocycles. The van der Waals surface area contributed by atoms with Crippen LogP contribution in [0.5, 0.6) is 0 Å². The Balaban J connectivity index is 2.04. The Labute approximate surface area is 110 Å². The molecule has 2 rings (SSSR count). The third-order valence-corrected chi connectivity index (χ3v) is 4.71. The fraction of sp³-hybridized carbons (Fsp3) is 0.818. The smallest absolute Gasteiger partial charge is 0.326 e. The molecule has 2 saturated heterocycles. The standard InChI is InChI=1S/C11H18N2O4S/c1-12(7-2-3-18-6-7)11(17)13-5-8(14)4-9(13)10(15)16/h7-9,14H,2-6H2,1H3,(H,15,16)/t7?,8?,9-/m0/s1. The van der Waals surface area contributed by atoms with Crippen LogP contribution in [0.4, 0.5) is 4.79 Å². The molecular formula is C11H18N2O4S. The minimum atomic E-state index is -1.05. The summed E-state index contributed by atoms with van der Waals surface area (Å²) in [4.78, 5) is 26.2. The first-order valence-corrected chi connectivity index (χ1v) is 7.18. The lowest BCUT2D eigenvalue weighted by Crippen LogP contribution is -2.50. The van der Waals surface area contributed by atoms with Crippen LogP contribution in [0.25, 0.3) is 0 Å². The van der Waals surface area contributed by atoms with Crippen LogP contribution in [-0.4, -0.2) is 75.3 Å². The summed E-state index contributed by atoms with van der Waals surface area (Å²) in [5.41, 5.74) is 0. The van der Waals surface area contributed by atoms with Gasteiger partial charge in [0.1, 0.15) is 6.04 Å². The molecule has 0 aromatic carbocycles. The molecule has 18 heavy (non-hydrogen) atoms. The number of hydrogen-bond donors (Lipinski definition) is 2. The summed E-state index contributed by atoms with van der Waals surface area (Å²) in [6, 6.07) is -1.01. The molecule has 2 fully saturated rings. The maximum Gasteiger partial charge on any atom is 0.326 e. The number of urea groups is 1.